The van der Waals surface area contributed by atoms with E-state index in [4.69, 9.17) is 0 Å². The second-order valence-electron chi connectivity index (χ2n) is 7.24. The number of hydrogen-bond acceptors (Lipinski definition) is 0. The molecular weight excluding hydrogens is 486 g/mol. The predicted octanol–water partition coefficient (Wildman–Crippen LogP) is 8.76. The van der Waals surface area contributed by atoms with Crippen LogP contribution in [0.3, 0.4) is 0 Å². The molecule has 0 bridgehead atoms. The van der Waals surface area contributed by atoms with E-state index in [9.17, 15) is 0 Å². The number of rotatable bonds is 7. The Morgan fingerprint density at radius 1 is 0.828 bits per heavy atom. The summed E-state index contributed by atoms with van der Waals surface area (Å²) < 4.78 is 4.56. The number of nitrogens with zero attached hydrogens (tertiary/aromatic N) is 1. The van der Waals surface area contributed by atoms with E-state index in [2.05, 4.69) is 110 Å². The van der Waals surface area contributed by atoms with Crippen molar-refractivity contribution in [1.82, 2.24) is 4.57 Å². The van der Waals surface area contributed by atoms with Crippen LogP contribution in [0.2, 0.25) is 0 Å². The van der Waals surface area contributed by atoms with E-state index in [0.717, 1.165) is 21.8 Å². The van der Waals surface area contributed by atoms with Gasteiger partial charge in [0.25, 0.3) is 0 Å². The first-order valence-corrected chi connectivity index (χ1v) is 11.5. The van der Waals surface area contributed by atoms with Gasteiger partial charge in [0.15, 0.2) is 0 Å². The molecule has 4 aromatic rings. The zero-order valence-electron chi connectivity index (χ0n) is 16.2. The number of halogens is 2. The molecule has 0 fully saturated rings. The van der Waals surface area contributed by atoms with Crippen LogP contribution in [0, 0.1) is 0 Å². The summed E-state index contributed by atoms with van der Waals surface area (Å²) >= 11 is 7.30. The van der Waals surface area contributed by atoms with E-state index in [-0.39, 0.29) is 0 Å². The van der Waals surface area contributed by atoms with Gasteiger partial charge in [-0.25, -0.2) is 0 Å². The van der Waals surface area contributed by atoms with E-state index < -0.39 is 0 Å². The van der Waals surface area contributed by atoms with Crippen LogP contribution in [-0.4, -0.2) is 4.57 Å². The Morgan fingerprint density at radius 2 is 1.52 bits per heavy atom. The van der Waals surface area contributed by atoms with Crippen molar-refractivity contribution < 1.29 is 0 Å². The van der Waals surface area contributed by atoms with Crippen molar-refractivity contribution in [3.8, 4) is 5.69 Å². The number of fused-ring (bicyclic) bond motifs is 3. The quantitative estimate of drug-likeness (QED) is 0.173. The number of benzene rings is 3. The first-order valence-electron chi connectivity index (χ1n) is 9.93. The zero-order chi connectivity index (χ0) is 20.2. The second-order valence-corrected chi connectivity index (χ2v) is 9.07. The minimum Gasteiger partial charge on any atom is -0.309 e. The van der Waals surface area contributed by atoms with Crippen molar-refractivity contribution in [3.05, 3.63) is 100.0 Å². The smallest absolute Gasteiger partial charge is 0.0552 e. The summed E-state index contributed by atoms with van der Waals surface area (Å²) in [5, 5.41) is 2.55. The number of hydrogen-bond donors (Lipinski definition) is 0. The van der Waals surface area contributed by atoms with Crippen molar-refractivity contribution in [2.75, 3.05) is 0 Å². The fourth-order valence-electron chi connectivity index (χ4n) is 3.88. The van der Waals surface area contributed by atoms with Crippen LogP contribution < -0.4 is 0 Å². The Labute approximate surface area is 189 Å². The molecule has 1 heterocycles. The lowest BCUT2D eigenvalue weighted by Gasteiger charge is -2.10. The van der Waals surface area contributed by atoms with Crippen molar-refractivity contribution >= 4 is 53.7 Å². The third-order valence-corrected chi connectivity index (χ3v) is 6.21. The molecule has 0 aliphatic carbocycles. The highest BCUT2D eigenvalue weighted by molar-refractivity contribution is 9.10. The molecule has 0 N–H and O–H groups in total. The fraction of sp³-hybridized carbons (Fsp3) is 0.154. The number of aromatic nitrogens is 1. The van der Waals surface area contributed by atoms with Crippen LogP contribution >= 0.6 is 31.9 Å². The molecule has 0 saturated heterocycles. The van der Waals surface area contributed by atoms with Gasteiger partial charge < -0.3 is 4.57 Å². The Balaban J connectivity index is 1.72. The maximum Gasteiger partial charge on any atom is 0.0552 e. The molecule has 0 unspecified atom stereocenters. The maximum absolute atomic E-state index is 3.72. The molecule has 0 saturated carbocycles. The van der Waals surface area contributed by atoms with Crippen LogP contribution in [0.15, 0.2) is 94.4 Å². The van der Waals surface area contributed by atoms with Crippen LogP contribution in [0.5, 0.6) is 0 Å². The Hall–Kier alpha value is -2.10. The van der Waals surface area contributed by atoms with E-state index in [1.165, 1.54) is 45.9 Å². The molecule has 0 radical (unpaired) electrons. The van der Waals surface area contributed by atoms with Crippen molar-refractivity contribution in [2.45, 2.75) is 25.7 Å². The largest absolute Gasteiger partial charge is 0.309 e. The lowest BCUT2D eigenvalue weighted by molar-refractivity contribution is 0.747. The van der Waals surface area contributed by atoms with E-state index in [1.807, 2.05) is 12.2 Å². The maximum atomic E-state index is 3.72. The van der Waals surface area contributed by atoms with Crippen molar-refractivity contribution in [3.63, 3.8) is 0 Å². The van der Waals surface area contributed by atoms with E-state index in [1.54, 1.807) is 0 Å². The van der Waals surface area contributed by atoms with Gasteiger partial charge in [-0.1, -0.05) is 80.9 Å². The molecule has 29 heavy (non-hydrogen) atoms. The van der Waals surface area contributed by atoms with Crippen LogP contribution in [-0.2, 0) is 6.42 Å². The summed E-state index contributed by atoms with van der Waals surface area (Å²) in [6, 6.07) is 22.0. The molecule has 3 aromatic carbocycles. The third kappa shape index (κ3) is 4.41. The van der Waals surface area contributed by atoms with Gasteiger partial charge in [0, 0.05) is 25.4 Å². The van der Waals surface area contributed by atoms with Crippen LogP contribution in [0.1, 0.15) is 24.8 Å². The molecule has 0 amide bonds. The molecule has 0 spiro atoms. The SMILES string of the molecule is C=CC=CCCCCc1cccc(-n2c3cc(Br)ccc3c3ccc(Br)cc32)c1. The van der Waals surface area contributed by atoms with Crippen LogP contribution in [0.25, 0.3) is 27.5 Å². The monoisotopic (exact) mass is 507 g/mol. The van der Waals surface area contributed by atoms with Gasteiger partial charge in [-0.05, 0) is 67.6 Å². The Bertz CT molecular complexity index is 1140. The molecule has 3 heteroatoms. The van der Waals surface area contributed by atoms with Gasteiger partial charge >= 0.3 is 0 Å². The highest BCUT2D eigenvalue weighted by Crippen LogP contribution is 2.35. The van der Waals surface area contributed by atoms with Gasteiger partial charge in [-0.15, -0.1) is 0 Å². The predicted molar refractivity (Wildman–Crippen MR) is 133 cm³/mol. The molecule has 1 aromatic heterocycles. The van der Waals surface area contributed by atoms with Crippen molar-refractivity contribution in [1.29, 1.82) is 0 Å². The van der Waals surface area contributed by atoms with Crippen LogP contribution in [0.4, 0.5) is 0 Å². The standard InChI is InChI=1S/C26H23Br2N/c1-2-3-4-5-6-7-9-19-10-8-11-22(16-19)29-25-17-20(27)12-14-23(25)24-15-13-21(28)18-26(24)29/h2-4,8,10-18H,1,5-7,9H2. The topological polar surface area (TPSA) is 4.93 Å². The average molecular weight is 509 g/mol. The second kappa shape index (κ2) is 9.15. The first kappa shape index (κ1) is 20.2. The Kier molecular flexibility index (Phi) is 6.37. The summed E-state index contributed by atoms with van der Waals surface area (Å²) in [7, 11) is 0. The van der Waals surface area contributed by atoms with Gasteiger partial charge in [-0.2, -0.15) is 0 Å². The summed E-state index contributed by atoms with van der Waals surface area (Å²) in [6.07, 6.45) is 10.7. The normalized spacial score (nSPS) is 11.7. The minimum absolute atomic E-state index is 1.09. The lowest BCUT2D eigenvalue weighted by Crippen LogP contribution is -1.96. The molecule has 0 aliphatic rings. The summed E-state index contributed by atoms with van der Waals surface area (Å²) in [5.41, 5.74) is 5.04. The first-order chi connectivity index (χ1) is 14.2. The number of aryl methyl sites for hydroxylation is 1. The number of unbranched alkanes of at least 4 members (excludes halogenated alkanes) is 2. The van der Waals surface area contributed by atoms with Gasteiger partial charge in [0.2, 0.25) is 0 Å². The third-order valence-electron chi connectivity index (χ3n) is 5.22. The lowest BCUT2D eigenvalue weighted by atomic mass is 10.1. The molecule has 4 rings (SSSR count). The molecule has 1 nitrogen and oxygen atoms in total. The summed E-state index contributed by atoms with van der Waals surface area (Å²) in [6.45, 7) is 3.72. The Morgan fingerprint density at radius 3 is 2.17 bits per heavy atom. The molecule has 0 aliphatic heterocycles. The highest BCUT2D eigenvalue weighted by Gasteiger charge is 2.13. The van der Waals surface area contributed by atoms with Gasteiger partial charge in [0.05, 0.1) is 11.0 Å². The van der Waals surface area contributed by atoms with E-state index >= 15 is 0 Å². The fourth-order valence-corrected chi connectivity index (χ4v) is 4.58. The summed E-state index contributed by atoms with van der Waals surface area (Å²) in [5.74, 6) is 0. The van der Waals surface area contributed by atoms with Gasteiger partial charge in [-0.3, -0.25) is 0 Å². The van der Waals surface area contributed by atoms with E-state index in [0.29, 0.717) is 0 Å². The minimum atomic E-state index is 1.09. The average Bonchev–Trinajstić information content (AvgIpc) is 3.03. The highest BCUT2D eigenvalue weighted by atomic mass is 79.9. The van der Waals surface area contributed by atoms with Gasteiger partial charge in [0.1, 0.15) is 0 Å². The number of allylic oxidation sites excluding steroid dienone is 3. The molecule has 146 valence electrons. The zero-order valence-corrected chi connectivity index (χ0v) is 19.4. The summed E-state index contributed by atoms with van der Waals surface area (Å²) in [4.78, 5) is 0. The molecular formula is C26H23Br2N. The van der Waals surface area contributed by atoms with Crippen molar-refractivity contribution in [2.24, 2.45) is 0 Å². The molecule has 0 atom stereocenters.